The quantitative estimate of drug-likeness (QED) is 0.0264. The van der Waals surface area contributed by atoms with Crippen molar-refractivity contribution in [2.45, 2.75) is 82.7 Å². The van der Waals surface area contributed by atoms with Gasteiger partial charge in [-0.25, -0.2) is 0 Å². The first kappa shape index (κ1) is 43.7. The topological polar surface area (TPSA) is 166 Å². The first-order valence-electron chi connectivity index (χ1n) is 21.1. The number of carbonyl (C=O) groups excluding carboxylic acids is 1. The van der Waals surface area contributed by atoms with Gasteiger partial charge in [-0.05, 0) is 134 Å². The molecule has 1 heterocycles. The fourth-order valence-corrected chi connectivity index (χ4v) is 7.90. The molecule has 0 fully saturated rings. The maximum Gasteiger partial charge on any atom is 0.161 e. The predicted molar refractivity (Wildman–Crippen MR) is 238 cm³/mol. The fourth-order valence-electron chi connectivity index (χ4n) is 7.90. The molecule has 9 nitrogen and oxygen atoms in total. The van der Waals surface area contributed by atoms with Crippen molar-refractivity contribution in [1.29, 1.82) is 0 Å². The average molecular weight is 806 g/mol. The van der Waals surface area contributed by atoms with Crippen LogP contribution in [0.2, 0.25) is 0 Å². The number of fused-ring (bicyclic) bond motifs is 2. The third kappa shape index (κ3) is 12.3. The molecule has 4 aromatic rings. The molecule has 2 unspecified atom stereocenters. The lowest BCUT2D eigenvalue weighted by atomic mass is 9.82. The number of nitrogens with zero attached hydrogens (tertiary/aromatic N) is 1. The Kier molecular flexibility index (Phi) is 15.9. The van der Waals surface area contributed by atoms with E-state index in [1.807, 2.05) is 49.5 Å². The Morgan fingerprint density at radius 2 is 1.73 bits per heavy atom. The molecule has 0 radical (unpaired) electrons. The molecule has 1 aliphatic carbocycles. The van der Waals surface area contributed by atoms with Crippen molar-refractivity contribution in [1.82, 2.24) is 5.32 Å². The largest absolute Gasteiger partial charge is 0.875 e. The van der Waals surface area contributed by atoms with Crippen LogP contribution in [-0.2, 0) is 24.1 Å². The van der Waals surface area contributed by atoms with Crippen LogP contribution in [0.5, 0.6) is 17.2 Å². The summed E-state index contributed by atoms with van der Waals surface area (Å²) in [5.41, 5.74) is 19.1. The van der Waals surface area contributed by atoms with Crippen molar-refractivity contribution in [2.24, 2.45) is 22.4 Å². The van der Waals surface area contributed by atoms with Gasteiger partial charge in [0.05, 0.1) is 24.9 Å². The van der Waals surface area contributed by atoms with E-state index in [-0.39, 0.29) is 36.1 Å². The molecule has 2 atom stereocenters. The maximum absolute atomic E-state index is 13.7. The number of aromatic hydroxyl groups is 2. The summed E-state index contributed by atoms with van der Waals surface area (Å²) in [6, 6.07) is 26.8. The van der Waals surface area contributed by atoms with Gasteiger partial charge < -0.3 is 36.8 Å². The Morgan fingerprint density at radius 1 is 0.933 bits per heavy atom. The molecular formula is C51H57N4O5-. The molecule has 0 bridgehead atoms. The molecule has 7 N–H and O–H groups in total. The van der Waals surface area contributed by atoms with E-state index in [9.17, 15) is 20.1 Å². The van der Waals surface area contributed by atoms with E-state index in [1.165, 1.54) is 12.0 Å². The number of allylic oxidation sites excluding steroid dienone is 5. The number of nitrogens with two attached hydrogens (primary N) is 2. The second-order valence-electron chi connectivity index (χ2n) is 15.7. The highest BCUT2D eigenvalue weighted by atomic mass is 16.5. The van der Waals surface area contributed by atoms with Crippen molar-refractivity contribution in [3.63, 3.8) is 0 Å². The molecule has 312 valence electrons. The molecule has 0 aromatic heterocycles. The lowest BCUT2D eigenvalue weighted by Gasteiger charge is -2.27. The summed E-state index contributed by atoms with van der Waals surface area (Å²) in [6.07, 6.45) is 14.6. The minimum atomic E-state index is -0.694. The van der Waals surface area contributed by atoms with E-state index in [1.54, 1.807) is 36.6 Å². The summed E-state index contributed by atoms with van der Waals surface area (Å²) in [5.74, 6) is 6.96. The molecule has 0 saturated carbocycles. The van der Waals surface area contributed by atoms with Gasteiger partial charge in [0, 0.05) is 36.1 Å². The summed E-state index contributed by atoms with van der Waals surface area (Å²) < 4.78 is 6.07. The smallest absolute Gasteiger partial charge is 0.161 e. The van der Waals surface area contributed by atoms with Crippen LogP contribution in [0.3, 0.4) is 0 Å². The first-order valence-corrected chi connectivity index (χ1v) is 21.1. The maximum atomic E-state index is 13.7. The van der Waals surface area contributed by atoms with Gasteiger partial charge in [-0.1, -0.05) is 85.0 Å². The minimum Gasteiger partial charge on any atom is -0.875 e. The monoisotopic (exact) mass is 805 g/mol. The Morgan fingerprint density at radius 3 is 2.53 bits per heavy atom. The Bertz CT molecular complexity index is 2280. The predicted octanol–water partition coefficient (Wildman–Crippen LogP) is 7.58. The normalized spacial score (nSPS) is 15.3. The van der Waals surface area contributed by atoms with E-state index in [0.29, 0.717) is 65.3 Å². The van der Waals surface area contributed by atoms with Crippen molar-refractivity contribution in [3.05, 3.63) is 160 Å². The van der Waals surface area contributed by atoms with E-state index >= 15 is 0 Å². The lowest BCUT2D eigenvalue weighted by Crippen LogP contribution is -2.21. The van der Waals surface area contributed by atoms with Gasteiger partial charge in [0.2, 0.25) is 0 Å². The number of carbonyl (C=O) groups is 1. The number of ketones is 1. The first-order chi connectivity index (χ1) is 29.2. The molecule has 2 aliphatic rings. The number of hydrogen-bond donors (Lipinski definition) is 5. The number of nitrogens with one attached hydrogen (secondary N) is 1. The van der Waals surface area contributed by atoms with Crippen LogP contribution in [-0.4, -0.2) is 41.9 Å². The highest BCUT2D eigenvalue weighted by Gasteiger charge is 2.24. The number of aliphatic imine (C=N–C) groups is 1. The number of benzene rings is 4. The van der Waals surface area contributed by atoms with E-state index in [0.717, 1.165) is 55.3 Å². The van der Waals surface area contributed by atoms with Gasteiger partial charge >= 0.3 is 0 Å². The van der Waals surface area contributed by atoms with Crippen molar-refractivity contribution < 1.29 is 24.9 Å². The van der Waals surface area contributed by atoms with Crippen molar-refractivity contribution >= 4 is 11.5 Å². The molecule has 9 heteroatoms. The molecule has 1 aliphatic heterocycles. The number of unbranched alkanes of at least 4 members (excludes halogenated alkanes) is 1. The fraction of sp³-hybridized carbons (Fsp3) is 0.333. The van der Waals surface area contributed by atoms with Gasteiger partial charge in [-0.3, -0.25) is 9.79 Å². The summed E-state index contributed by atoms with van der Waals surface area (Å²) in [6.45, 7) is 1.26. The number of rotatable bonds is 20. The van der Waals surface area contributed by atoms with Gasteiger partial charge in [0.25, 0.3) is 0 Å². The number of phenols is 2. The molecule has 4 aromatic carbocycles. The number of ether oxygens (including phenoxy) is 1. The van der Waals surface area contributed by atoms with E-state index in [4.69, 9.17) is 16.2 Å². The third-order valence-corrected chi connectivity index (χ3v) is 11.4. The van der Waals surface area contributed by atoms with Crippen LogP contribution in [0.15, 0.2) is 126 Å². The van der Waals surface area contributed by atoms with Gasteiger partial charge in [0.1, 0.15) is 5.75 Å². The average Bonchev–Trinajstić information content (AvgIpc) is 3.73. The van der Waals surface area contributed by atoms with E-state index in [2.05, 4.69) is 52.5 Å². The summed E-state index contributed by atoms with van der Waals surface area (Å²) in [5, 5.41) is 38.8. The molecule has 0 amide bonds. The molecule has 60 heavy (non-hydrogen) atoms. The number of phenolic OH excluding ortho intramolecular Hbond substituents is 2. The van der Waals surface area contributed by atoms with Gasteiger partial charge in [-0.2, -0.15) is 0 Å². The summed E-state index contributed by atoms with van der Waals surface area (Å²) >= 11 is 0. The molecule has 6 rings (SSSR count). The molecular weight excluding hydrogens is 749 g/mol. The second kappa shape index (κ2) is 21.9. The Labute approximate surface area is 354 Å². The second-order valence-corrected chi connectivity index (χ2v) is 15.7. The lowest BCUT2D eigenvalue weighted by molar-refractivity contribution is -0.307. The Balaban J connectivity index is 1.04. The van der Waals surface area contributed by atoms with Crippen molar-refractivity contribution in [3.8, 4) is 29.1 Å². The van der Waals surface area contributed by atoms with Crippen LogP contribution >= 0.6 is 0 Å². The molecule has 0 spiro atoms. The van der Waals surface area contributed by atoms with E-state index < -0.39 is 12.1 Å². The summed E-state index contributed by atoms with van der Waals surface area (Å²) in [4.78, 5) is 17.1. The van der Waals surface area contributed by atoms with Crippen LogP contribution < -0.4 is 26.6 Å². The zero-order valence-corrected chi connectivity index (χ0v) is 34.5. The highest BCUT2D eigenvalue weighted by Crippen LogP contribution is 2.39. The highest BCUT2D eigenvalue weighted by molar-refractivity contribution is 6.06. The summed E-state index contributed by atoms with van der Waals surface area (Å²) in [7, 11) is 2.00. The SMILES string of the molecule is CNCCC(CCCC=CC(=O)CCc1ccc(O)c(OCCc2ccc(O)c(C3CC([O-])=C4C=CN=C4CC#Cc4cc(C(N)N)ccc43)c2)c1)CCc1ccccc1. The number of aryl methyl sites for hydroxylation is 2. The van der Waals surface area contributed by atoms with Crippen LogP contribution in [0, 0.1) is 17.8 Å². The van der Waals surface area contributed by atoms with Gasteiger partial charge in [0.15, 0.2) is 17.3 Å². The number of hydrogen-bond acceptors (Lipinski definition) is 9. The van der Waals surface area contributed by atoms with Crippen LogP contribution in [0.1, 0.15) is 102 Å². The van der Waals surface area contributed by atoms with Crippen LogP contribution in [0.25, 0.3) is 0 Å². The zero-order valence-electron chi connectivity index (χ0n) is 34.5. The molecule has 0 saturated heterocycles. The third-order valence-electron chi connectivity index (χ3n) is 11.4. The minimum absolute atomic E-state index is 0.0174. The van der Waals surface area contributed by atoms with Gasteiger partial charge in [-0.15, -0.1) is 5.76 Å². The Hall–Kier alpha value is -5.92. The standard InChI is InChI=1S/C51H58N4O5/c1-54-28-25-36(16-15-35-9-4-2-5-10-35)11-6-3-7-13-41(56)21-17-37-19-24-48(58)50(32-37)60-30-27-38-18-23-47(57)45(31-38)44-34-49(59)43-26-29-55-46(43)14-8-12-39-33-40(51(52)53)20-22-42(39)44/h2,4-5,7,9-10,13,18-20,22-24,26,29,31-33,36,44,51,54,57-59H,3,6,11,14-17,21,25,27-28,30,34,52-53H2,1H3/p-1. The van der Waals surface area contributed by atoms with Crippen LogP contribution in [0.4, 0.5) is 0 Å². The van der Waals surface area contributed by atoms with Crippen molar-refractivity contribution in [2.75, 3.05) is 20.2 Å². The zero-order chi connectivity index (χ0) is 42.3.